The fourth-order valence-electron chi connectivity index (χ4n) is 3.11. The number of hydrogen-bond donors (Lipinski definition) is 2. The minimum Gasteiger partial charge on any atom is -0.351 e. The molecule has 2 aromatic rings. The number of aromatic nitrogens is 1. The van der Waals surface area contributed by atoms with E-state index in [1.54, 1.807) is 11.3 Å². The highest BCUT2D eigenvalue weighted by Gasteiger charge is 2.17. The zero-order valence-corrected chi connectivity index (χ0v) is 16.1. The molecule has 0 saturated carbocycles. The van der Waals surface area contributed by atoms with Crippen molar-refractivity contribution in [3.05, 3.63) is 10.9 Å². The van der Waals surface area contributed by atoms with Crippen molar-refractivity contribution in [1.29, 1.82) is 0 Å². The first kappa shape index (κ1) is 17.6. The topological polar surface area (TPSA) is 57.3 Å². The molecular weight excluding hydrogens is 340 g/mol. The van der Waals surface area contributed by atoms with Gasteiger partial charge in [-0.2, -0.15) is 0 Å². The molecular formula is C17H26N4OS2. The molecule has 1 saturated heterocycles. The molecule has 1 unspecified atom stereocenters. The summed E-state index contributed by atoms with van der Waals surface area (Å²) in [6.07, 6.45) is 3.58. The zero-order valence-electron chi connectivity index (χ0n) is 14.4. The Kier molecular flexibility index (Phi) is 6.08. The number of hydrogen-bond acceptors (Lipinski definition) is 6. The van der Waals surface area contributed by atoms with Crippen LogP contribution in [0.25, 0.3) is 9.53 Å². The summed E-state index contributed by atoms with van der Waals surface area (Å²) in [5.41, 5.74) is 0. The lowest BCUT2D eigenvalue weighted by Crippen LogP contribution is -2.33. The van der Waals surface area contributed by atoms with Crippen LogP contribution in [0.15, 0.2) is 6.07 Å². The van der Waals surface area contributed by atoms with Crippen molar-refractivity contribution in [2.24, 2.45) is 5.92 Å². The predicted octanol–water partition coefficient (Wildman–Crippen LogP) is 3.32. The summed E-state index contributed by atoms with van der Waals surface area (Å²) in [6.45, 7) is 9.18. The van der Waals surface area contributed by atoms with Crippen LogP contribution in [0.5, 0.6) is 0 Å². The third kappa shape index (κ3) is 4.07. The molecule has 7 heteroatoms. The molecule has 24 heavy (non-hydrogen) atoms. The lowest BCUT2D eigenvalue weighted by Gasteiger charge is -2.22. The van der Waals surface area contributed by atoms with Gasteiger partial charge in [-0.1, -0.05) is 11.3 Å². The van der Waals surface area contributed by atoms with Gasteiger partial charge in [-0.25, -0.2) is 4.98 Å². The Bertz CT molecular complexity index is 640. The van der Waals surface area contributed by atoms with Gasteiger partial charge in [-0.15, -0.1) is 11.3 Å². The molecule has 0 spiro atoms. The third-order valence-corrected chi connectivity index (χ3v) is 6.79. The molecule has 0 bridgehead atoms. The molecule has 0 aliphatic carbocycles. The van der Waals surface area contributed by atoms with E-state index in [1.165, 1.54) is 24.2 Å². The van der Waals surface area contributed by atoms with Crippen LogP contribution in [0.2, 0.25) is 0 Å². The van der Waals surface area contributed by atoms with Crippen LogP contribution in [-0.4, -0.2) is 43.6 Å². The Morgan fingerprint density at radius 2 is 2.25 bits per heavy atom. The third-order valence-electron chi connectivity index (χ3n) is 4.57. The van der Waals surface area contributed by atoms with Crippen molar-refractivity contribution in [3.8, 4) is 0 Å². The number of thiophene rings is 1. The van der Waals surface area contributed by atoms with E-state index in [-0.39, 0.29) is 5.91 Å². The number of nitrogens with one attached hydrogen (secondary N) is 2. The Morgan fingerprint density at radius 3 is 2.92 bits per heavy atom. The monoisotopic (exact) mass is 366 g/mol. The standard InChI is InChI=1S/C17H26N4OS2/c1-3-21(4-2)17-20-16-14(24-17)10-13(23-16)15(22)19-9-7-12-6-5-8-18-11-12/h10,12,18H,3-9,11H2,1-2H3,(H,19,22). The average Bonchev–Trinajstić information content (AvgIpc) is 3.16. The summed E-state index contributed by atoms with van der Waals surface area (Å²) in [5.74, 6) is 0.738. The fourth-order valence-corrected chi connectivity index (χ4v) is 5.37. The molecule has 1 amide bonds. The summed E-state index contributed by atoms with van der Waals surface area (Å²) < 4.78 is 1.11. The van der Waals surface area contributed by atoms with Crippen molar-refractivity contribution in [2.45, 2.75) is 33.1 Å². The van der Waals surface area contributed by atoms with Crippen LogP contribution >= 0.6 is 22.7 Å². The van der Waals surface area contributed by atoms with Crippen LogP contribution in [0, 0.1) is 5.92 Å². The highest BCUT2D eigenvalue weighted by Crippen LogP contribution is 2.34. The number of carbonyl (C=O) groups excluding carboxylic acids is 1. The van der Waals surface area contributed by atoms with Crippen molar-refractivity contribution < 1.29 is 4.79 Å². The van der Waals surface area contributed by atoms with E-state index in [9.17, 15) is 4.79 Å². The van der Waals surface area contributed by atoms with Crippen LogP contribution < -0.4 is 15.5 Å². The van der Waals surface area contributed by atoms with Gasteiger partial charge in [0.25, 0.3) is 5.91 Å². The maximum absolute atomic E-state index is 12.3. The number of piperidine rings is 1. The molecule has 3 heterocycles. The fraction of sp³-hybridized carbons (Fsp3) is 0.647. The van der Waals surface area contributed by atoms with Crippen molar-refractivity contribution >= 4 is 43.2 Å². The molecule has 1 atom stereocenters. The second kappa shape index (κ2) is 8.27. The van der Waals surface area contributed by atoms with Gasteiger partial charge < -0.3 is 15.5 Å². The Labute approximate surface area is 151 Å². The van der Waals surface area contributed by atoms with Gasteiger partial charge in [0, 0.05) is 19.6 Å². The minimum absolute atomic E-state index is 0.0401. The molecule has 2 aromatic heterocycles. The first-order valence-corrected chi connectivity index (χ1v) is 10.5. The van der Waals surface area contributed by atoms with Crippen molar-refractivity contribution in [3.63, 3.8) is 0 Å². The first-order chi connectivity index (χ1) is 11.7. The molecule has 132 valence electrons. The molecule has 1 aliphatic rings. The smallest absolute Gasteiger partial charge is 0.261 e. The molecule has 2 N–H and O–H groups in total. The van der Waals surface area contributed by atoms with E-state index in [4.69, 9.17) is 0 Å². The normalized spacial score (nSPS) is 18.0. The number of rotatable bonds is 7. The lowest BCUT2D eigenvalue weighted by atomic mass is 9.96. The maximum atomic E-state index is 12.3. The van der Waals surface area contributed by atoms with E-state index in [2.05, 4.69) is 34.4 Å². The van der Waals surface area contributed by atoms with Crippen LogP contribution in [0.3, 0.4) is 0 Å². The largest absolute Gasteiger partial charge is 0.351 e. The Balaban J connectivity index is 1.55. The SMILES string of the molecule is CCN(CC)c1nc2sc(C(=O)NCCC3CCCNC3)cc2s1. The number of amides is 1. The number of anilines is 1. The van der Waals surface area contributed by atoms with Gasteiger partial charge in [0.1, 0.15) is 4.83 Å². The highest BCUT2D eigenvalue weighted by molar-refractivity contribution is 7.29. The number of fused-ring (bicyclic) bond motifs is 1. The van der Waals surface area contributed by atoms with Crippen LogP contribution in [0.1, 0.15) is 42.8 Å². The molecule has 0 aromatic carbocycles. The summed E-state index contributed by atoms with van der Waals surface area (Å²) in [6, 6.07) is 1.99. The molecule has 3 rings (SSSR count). The van der Waals surface area contributed by atoms with Gasteiger partial charge >= 0.3 is 0 Å². The van der Waals surface area contributed by atoms with E-state index in [0.717, 1.165) is 58.7 Å². The number of thiazole rings is 1. The number of carbonyl (C=O) groups is 1. The maximum Gasteiger partial charge on any atom is 0.261 e. The van der Waals surface area contributed by atoms with Crippen molar-refractivity contribution in [1.82, 2.24) is 15.6 Å². The molecule has 1 aliphatic heterocycles. The minimum atomic E-state index is 0.0401. The zero-order chi connectivity index (χ0) is 16.9. The second-order valence-corrected chi connectivity index (χ2v) is 8.25. The predicted molar refractivity (Wildman–Crippen MR) is 104 cm³/mol. The Morgan fingerprint density at radius 1 is 1.42 bits per heavy atom. The summed E-state index contributed by atoms with van der Waals surface area (Å²) in [7, 11) is 0. The van der Waals surface area contributed by atoms with Crippen LogP contribution in [-0.2, 0) is 0 Å². The second-order valence-electron chi connectivity index (χ2n) is 6.21. The Hall–Kier alpha value is -1.18. The highest BCUT2D eigenvalue weighted by atomic mass is 32.1. The summed E-state index contributed by atoms with van der Waals surface area (Å²) in [5, 5.41) is 7.54. The van der Waals surface area contributed by atoms with E-state index in [0.29, 0.717) is 5.92 Å². The average molecular weight is 367 g/mol. The quantitative estimate of drug-likeness (QED) is 0.789. The van der Waals surface area contributed by atoms with E-state index >= 15 is 0 Å². The van der Waals surface area contributed by atoms with Crippen molar-refractivity contribution in [2.75, 3.05) is 37.6 Å². The summed E-state index contributed by atoms with van der Waals surface area (Å²) >= 11 is 3.18. The van der Waals surface area contributed by atoms with E-state index in [1.807, 2.05) is 6.07 Å². The van der Waals surface area contributed by atoms with Gasteiger partial charge in [-0.3, -0.25) is 4.79 Å². The molecule has 5 nitrogen and oxygen atoms in total. The van der Waals surface area contributed by atoms with E-state index < -0.39 is 0 Å². The lowest BCUT2D eigenvalue weighted by molar-refractivity contribution is 0.0955. The van der Waals surface area contributed by atoms with Gasteiger partial charge in [0.15, 0.2) is 5.13 Å². The van der Waals surface area contributed by atoms with Gasteiger partial charge in [-0.05, 0) is 58.2 Å². The summed E-state index contributed by atoms with van der Waals surface area (Å²) in [4.78, 5) is 21.0. The molecule has 1 fully saturated rings. The molecule has 0 radical (unpaired) electrons. The van der Waals surface area contributed by atoms with Gasteiger partial charge in [0.2, 0.25) is 0 Å². The van der Waals surface area contributed by atoms with Crippen LogP contribution in [0.4, 0.5) is 5.13 Å². The van der Waals surface area contributed by atoms with Gasteiger partial charge in [0.05, 0.1) is 9.58 Å². The first-order valence-electron chi connectivity index (χ1n) is 8.85. The number of nitrogens with zero attached hydrogens (tertiary/aromatic N) is 2.